The molecule has 0 atom stereocenters. The molecule has 0 bridgehead atoms. The van der Waals surface area contributed by atoms with E-state index in [1.807, 2.05) is 0 Å². The monoisotopic (exact) mass is 360 g/mol. The number of pyridine rings is 2. The van der Waals surface area contributed by atoms with Crippen LogP contribution in [0.1, 0.15) is 16.4 Å². The summed E-state index contributed by atoms with van der Waals surface area (Å²) >= 11 is 0. The lowest BCUT2D eigenvalue weighted by atomic mass is 10.4. The highest BCUT2D eigenvalue weighted by atomic mass is 19.1. The third kappa shape index (κ3) is 3.38. The zero-order valence-electron chi connectivity index (χ0n) is 13.6. The van der Waals surface area contributed by atoms with Crippen LogP contribution in [0.4, 0.5) is 8.78 Å². The molecule has 0 unspecified atom stereocenters. The van der Waals surface area contributed by atoms with Gasteiger partial charge in [-0.05, 0) is 24.3 Å². The van der Waals surface area contributed by atoms with E-state index >= 15 is 0 Å². The number of imidazole rings is 2. The Balaban J connectivity index is 0.000000152. The molecule has 0 aliphatic carbocycles. The molecule has 4 rings (SSSR count). The van der Waals surface area contributed by atoms with Crippen LogP contribution in [0.15, 0.2) is 49.1 Å². The number of aromatic nitrogens is 4. The molecule has 1 N–H and O–H groups in total. The first kappa shape index (κ1) is 17.5. The molecule has 0 aliphatic rings. The van der Waals surface area contributed by atoms with Crippen molar-refractivity contribution in [2.75, 3.05) is 7.11 Å². The lowest BCUT2D eigenvalue weighted by molar-refractivity contribution is 0.0586. The summed E-state index contributed by atoms with van der Waals surface area (Å²) < 4.78 is 32.9. The van der Waals surface area contributed by atoms with E-state index < -0.39 is 11.8 Å². The second-order valence-electron chi connectivity index (χ2n) is 5.19. The molecule has 7 nitrogen and oxygen atoms in total. The van der Waals surface area contributed by atoms with Gasteiger partial charge in [-0.15, -0.1) is 0 Å². The average Bonchev–Trinajstić information content (AvgIpc) is 3.24. The summed E-state index contributed by atoms with van der Waals surface area (Å²) in [7, 11) is 1.25. The van der Waals surface area contributed by atoms with Crippen molar-refractivity contribution in [3.8, 4) is 0 Å². The molecular formula is C17H14F2N4O3. The van der Waals surface area contributed by atoms with Gasteiger partial charge < -0.3 is 9.84 Å². The number of nitrogens with zero attached hydrogens (tertiary/aromatic N) is 4. The Morgan fingerprint density at radius 2 is 1.62 bits per heavy atom. The molecule has 0 amide bonds. The van der Waals surface area contributed by atoms with Gasteiger partial charge in [0, 0.05) is 12.4 Å². The maximum absolute atomic E-state index is 12.9. The molecule has 0 saturated heterocycles. The molecule has 4 aromatic heterocycles. The molecule has 4 aromatic rings. The number of esters is 1. The summed E-state index contributed by atoms with van der Waals surface area (Å²) in [5.41, 5.74) is 1.42. The molecule has 0 radical (unpaired) electrons. The van der Waals surface area contributed by atoms with Crippen LogP contribution in [-0.4, -0.2) is 37.0 Å². The smallest absolute Gasteiger partial charge is 0.374 e. The summed E-state index contributed by atoms with van der Waals surface area (Å²) in [5.74, 6) is -0.835. The quantitative estimate of drug-likeness (QED) is 0.555. The number of aliphatic hydroxyl groups is 1. The molecule has 26 heavy (non-hydrogen) atoms. The van der Waals surface area contributed by atoms with Crippen LogP contribution < -0.4 is 0 Å². The highest BCUT2D eigenvalue weighted by Gasteiger charge is 2.12. The second-order valence-corrected chi connectivity index (χ2v) is 5.19. The van der Waals surface area contributed by atoms with Gasteiger partial charge in [0.2, 0.25) is 5.82 Å². The van der Waals surface area contributed by atoms with Crippen LogP contribution >= 0.6 is 0 Å². The fraction of sp³-hybridized carbons (Fsp3) is 0.118. The summed E-state index contributed by atoms with van der Waals surface area (Å²) in [6, 6.07) is 5.81. The molecule has 0 spiro atoms. The highest BCUT2D eigenvalue weighted by molar-refractivity contribution is 5.86. The van der Waals surface area contributed by atoms with Crippen LogP contribution in [-0.2, 0) is 11.3 Å². The van der Waals surface area contributed by atoms with E-state index in [0.29, 0.717) is 11.3 Å². The van der Waals surface area contributed by atoms with E-state index in [9.17, 15) is 13.6 Å². The van der Waals surface area contributed by atoms with Crippen molar-refractivity contribution in [3.63, 3.8) is 0 Å². The maximum atomic E-state index is 12.9. The summed E-state index contributed by atoms with van der Waals surface area (Å²) in [5, 5.41) is 8.81. The molecule has 0 aromatic carbocycles. The number of hydrogen-bond donors (Lipinski definition) is 1. The zero-order chi connectivity index (χ0) is 18.7. The lowest BCUT2D eigenvalue weighted by Gasteiger charge is -1.98. The first-order valence-electron chi connectivity index (χ1n) is 7.46. The van der Waals surface area contributed by atoms with Gasteiger partial charge in [-0.1, -0.05) is 0 Å². The van der Waals surface area contributed by atoms with Gasteiger partial charge in [-0.2, -0.15) is 0 Å². The van der Waals surface area contributed by atoms with E-state index in [2.05, 4.69) is 14.7 Å². The molecule has 0 saturated carbocycles. The van der Waals surface area contributed by atoms with Gasteiger partial charge in [0.05, 0.1) is 30.5 Å². The van der Waals surface area contributed by atoms with Crippen LogP contribution in [0.5, 0.6) is 0 Å². The third-order valence-electron chi connectivity index (χ3n) is 3.57. The zero-order valence-corrected chi connectivity index (χ0v) is 13.6. The van der Waals surface area contributed by atoms with E-state index in [1.54, 1.807) is 12.3 Å². The Hall–Kier alpha value is -3.33. The maximum Gasteiger partial charge on any atom is 0.374 e. The number of ether oxygens (including phenoxy) is 1. The predicted octanol–water partition coefficient (Wildman–Crippen LogP) is 2.23. The minimum absolute atomic E-state index is 0.0713. The van der Waals surface area contributed by atoms with Crippen molar-refractivity contribution in [3.05, 3.63) is 72.3 Å². The van der Waals surface area contributed by atoms with Crippen molar-refractivity contribution < 1.29 is 23.4 Å². The number of halogens is 2. The molecule has 134 valence electrons. The van der Waals surface area contributed by atoms with Crippen molar-refractivity contribution in [1.29, 1.82) is 0 Å². The Morgan fingerprint density at radius 3 is 2.23 bits per heavy atom. The lowest BCUT2D eigenvalue weighted by Crippen LogP contribution is -2.07. The summed E-state index contributed by atoms with van der Waals surface area (Å²) in [6.07, 6.45) is 5.55. The molecule has 0 aliphatic heterocycles. The van der Waals surface area contributed by atoms with E-state index in [-0.39, 0.29) is 18.2 Å². The number of carbonyl (C=O) groups is 1. The first-order chi connectivity index (χ1) is 12.5. The number of hydrogen-bond acceptors (Lipinski definition) is 5. The largest absolute Gasteiger partial charge is 0.463 e. The van der Waals surface area contributed by atoms with Crippen LogP contribution in [0, 0.1) is 11.6 Å². The molecule has 9 heteroatoms. The predicted molar refractivity (Wildman–Crippen MR) is 87.6 cm³/mol. The third-order valence-corrected chi connectivity index (χ3v) is 3.57. The van der Waals surface area contributed by atoms with Crippen molar-refractivity contribution in [1.82, 2.24) is 18.8 Å². The van der Waals surface area contributed by atoms with Crippen LogP contribution in [0.3, 0.4) is 0 Å². The molecule has 4 heterocycles. The van der Waals surface area contributed by atoms with Gasteiger partial charge in [-0.3, -0.25) is 8.80 Å². The number of rotatable bonds is 2. The summed E-state index contributed by atoms with van der Waals surface area (Å²) in [4.78, 5) is 18.9. The Bertz CT molecular complexity index is 1070. The van der Waals surface area contributed by atoms with Gasteiger partial charge in [0.15, 0.2) is 0 Å². The number of aliphatic hydroxyl groups excluding tert-OH is 1. The Labute approximate surface area is 146 Å². The minimum Gasteiger partial charge on any atom is -0.463 e. The Kier molecular flexibility index (Phi) is 4.90. The highest BCUT2D eigenvalue weighted by Crippen LogP contribution is 2.09. The van der Waals surface area contributed by atoms with Crippen molar-refractivity contribution >= 4 is 17.0 Å². The van der Waals surface area contributed by atoms with Crippen molar-refractivity contribution in [2.45, 2.75) is 6.61 Å². The SMILES string of the molecule is COC(=O)c1ncc2ccc(F)cn12.OCc1ncc2ccc(F)cn12. The fourth-order valence-corrected chi connectivity index (χ4v) is 2.34. The van der Waals surface area contributed by atoms with Crippen LogP contribution in [0.2, 0.25) is 0 Å². The van der Waals surface area contributed by atoms with E-state index in [4.69, 9.17) is 5.11 Å². The van der Waals surface area contributed by atoms with Gasteiger partial charge in [-0.25, -0.2) is 23.5 Å². The van der Waals surface area contributed by atoms with E-state index in [1.165, 1.54) is 52.7 Å². The average molecular weight is 360 g/mol. The standard InChI is InChI=1S/C9H7FN2O2.C8H7FN2O/c1-14-9(13)8-11-4-7-3-2-6(10)5-12(7)8;9-6-1-2-7-3-10-8(5-12)11(7)4-6/h2-5H,1H3;1-4,12H,5H2. The Morgan fingerprint density at radius 1 is 1.04 bits per heavy atom. The van der Waals surface area contributed by atoms with Gasteiger partial charge >= 0.3 is 5.97 Å². The van der Waals surface area contributed by atoms with Crippen molar-refractivity contribution in [2.24, 2.45) is 0 Å². The number of fused-ring (bicyclic) bond motifs is 2. The summed E-state index contributed by atoms with van der Waals surface area (Å²) in [6.45, 7) is -0.183. The number of methoxy groups -OCH3 is 1. The van der Waals surface area contributed by atoms with E-state index in [0.717, 1.165) is 5.52 Å². The van der Waals surface area contributed by atoms with Crippen LogP contribution in [0.25, 0.3) is 11.0 Å². The second kappa shape index (κ2) is 7.28. The number of carbonyl (C=O) groups excluding carboxylic acids is 1. The fourth-order valence-electron chi connectivity index (χ4n) is 2.34. The minimum atomic E-state index is -0.587. The normalized spacial score (nSPS) is 10.6. The molecule has 0 fully saturated rings. The first-order valence-corrected chi connectivity index (χ1v) is 7.46. The topological polar surface area (TPSA) is 81.1 Å². The van der Waals surface area contributed by atoms with Gasteiger partial charge in [0.25, 0.3) is 0 Å². The van der Waals surface area contributed by atoms with Gasteiger partial charge in [0.1, 0.15) is 24.1 Å². The molecular weight excluding hydrogens is 346 g/mol.